The van der Waals surface area contributed by atoms with Crippen molar-refractivity contribution in [1.29, 1.82) is 0 Å². The first-order valence-corrected chi connectivity index (χ1v) is 4.26. The van der Waals surface area contributed by atoms with E-state index >= 15 is 0 Å². The summed E-state index contributed by atoms with van der Waals surface area (Å²) < 4.78 is 9.41. The molecule has 0 fully saturated rings. The Hall–Kier alpha value is -1.58. The predicted octanol–water partition coefficient (Wildman–Crippen LogP) is 1.57. The summed E-state index contributed by atoms with van der Waals surface area (Å²) in [6.07, 6.45) is 4.72. The Bertz CT molecular complexity index is 227. The van der Waals surface area contributed by atoms with E-state index in [1.807, 2.05) is 0 Å². The lowest BCUT2D eigenvalue weighted by molar-refractivity contribution is -0.177. The van der Waals surface area contributed by atoms with Gasteiger partial charge in [-0.05, 0) is 13.8 Å². The van der Waals surface area contributed by atoms with Crippen LogP contribution in [-0.2, 0) is 19.1 Å². The van der Waals surface area contributed by atoms with Gasteiger partial charge in [0.05, 0.1) is 0 Å². The van der Waals surface area contributed by atoms with Gasteiger partial charge < -0.3 is 9.47 Å². The monoisotopic (exact) mass is 198 g/mol. The van der Waals surface area contributed by atoms with Gasteiger partial charge in [-0.3, -0.25) is 0 Å². The zero-order valence-electron chi connectivity index (χ0n) is 8.52. The average molecular weight is 198 g/mol. The quantitative estimate of drug-likeness (QED) is 0.391. The maximum absolute atomic E-state index is 10.9. The standard InChI is InChI=1S/C10H14O4/c1-4-6-9(11)13-8(3)14-10(12)7-5-2/h4-8H,1-3H3. The summed E-state index contributed by atoms with van der Waals surface area (Å²) in [5.41, 5.74) is 0. The van der Waals surface area contributed by atoms with Crippen LogP contribution < -0.4 is 0 Å². The Labute approximate surface area is 83.2 Å². The molecular weight excluding hydrogens is 184 g/mol. The largest absolute Gasteiger partial charge is 0.422 e. The average Bonchev–Trinajstić information content (AvgIpc) is 2.03. The Balaban J connectivity index is 3.91. The van der Waals surface area contributed by atoms with Crippen LogP contribution in [0.4, 0.5) is 0 Å². The smallest absolute Gasteiger partial charge is 0.333 e. The van der Waals surface area contributed by atoms with E-state index in [0.717, 1.165) is 0 Å². The number of carbonyl (C=O) groups excluding carboxylic acids is 2. The molecule has 0 saturated carbocycles. The molecule has 0 aromatic rings. The van der Waals surface area contributed by atoms with Crippen LogP contribution in [-0.4, -0.2) is 18.2 Å². The van der Waals surface area contributed by atoms with E-state index in [1.54, 1.807) is 26.0 Å². The molecule has 78 valence electrons. The molecule has 0 aromatic carbocycles. The van der Waals surface area contributed by atoms with E-state index in [0.29, 0.717) is 0 Å². The van der Waals surface area contributed by atoms with Crippen molar-refractivity contribution >= 4 is 11.9 Å². The molecule has 0 bridgehead atoms. The van der Waals surface area contributed by atoms with Crippen LogP contribution in [0.5, 0.6) is 0 Å². The predicted molar refractivity (Wildman–Crippen MR) is 51.3 cm³/mol. The number of allylic oxidation sites excluding steroid dienone is 2. The van der Waals surface area contributed by atoms with Gasteiger partial charge in [0, 0.05) is 19.1 Å². The number of ether oxygens (including phenoxy) is 2. The SMILES string of the molecule is CC=CC(=O)OC(C)OC(=O)C=CC. The minimum absolute atomic E-state index is 0.534. The lowest BCUT2D eigenvalue weighted by Gasteiger charge is -2.10. The lowest BCUT2D eigenvalue weighted by Crippen LogP contribution is -2.19. The normalized spacial score (nSPS) is 13.1. The van der Waals surface area contributed by atoms with E-state index < -0.39 is 18.2 Å². The van der Waals surface area contributed by atoms with Gasteiger partial charge in [0.15, 0.2) is 0 Å². The highest BCUT2D eigenvalue weighted by atomic mass is 16.7. The van der Waals surface area contributed by atoms with E-state index in [-0.39, 0.29) is 0 Å². The van der Waals surface area contributed by atoms with E-state index in [9.17, 15) is 9.59 Å². The topological polar surface area (TPSA) is 52.6 Å². The van der Waals surface area contributed by atoms with Crippen molar-refractivity contribution in [2.45, 2.75) is 27.1 Å². The second-order valence-electron chi connectivity index (χ2n) is 2.44. The van der Waals surface area contributed by atoms with Gasteiger partial charge in [-0.2, -0.15) is 0 Å². The zero-order valence-corrected chi connectivity index (χ0v) is 8.52. The number of carbonyl (C=O) groups is 2. The van der Waals surface area contributed by atoms with Crippen molar-refractivity contribution < 1.29 is 19.1 Å². The van der Waals surface area contributed by atoms with E-state index in [4.69, 9.17) is 9.47 Å². The van der Waals surface area contributed by atoms with Gasteiger partial charge in [-0.1, -0.05) is 12.2 Å². The fourth-order valence-corrected chi connectivity index (χ4v) is 0.702. The van der Waals surface area contributed by atoms with Crippen molar-refractivity contribution in [1.82, 2.24) is 0 Å². The summed E-state index contributed by atoms with van der Waals surface area (Å²) in [6, 6.07) is 0. The van der Waals surface area contributed by atoms with Crippen molar-refractivity contribution in [3.8, 4) is 0 Å². The van der Waals surface area contributed by atoms with Crippen molar-refractivity contribution in [3.05, 3.63) is 24.3 Å². The molecule has 14 heavy (non-hydrogen) atoms. The molecule has 0 aliphatic rings. The van der Waals surface area contributed by atoms with Crippen LogP contribution in [0.3, 0.4) is 0 Å². The molecule has 0 rings (SSSR count). The summed E-state index contributed by atoms with van der Waals surface area (Å²) >= 11 is 0. The molecule has 0 unspecified atom stereocenters. The van der Waals surface area contributed by atoms with Gasteiger partial charge in [-0.15, -0.1) is 0 Å². The first-order valence-electron chi connectivity index (χ1n) is 4.26. The number of rotatable bonds is 4. The van der Waals surface area contributed by atoms with Crippen LogP contribution in [0.25, 0.3) is 0 Å². The van der Waals surface area contributed by atoms with Crippen LogP contribution in [0.15, 0.2) is 24.3 Å². The molecule has 0 aromatic heterocycles. The molecule has 0 aliphatic heterocycles. The third-order valence-corrected chi connectivity index (χ3v) is 1.17. The van der Waals surface area contributed by atoms with Crippen LogP contribution >= 0.6 is 0 Å². The fourth-order valence-electron chi connectivity index (χ4n) is 0.702. The lowest BCUT2D eigenvalue weighted by atomic mass is 10.5. The number of esters is 2. The summed E-state index contributed by atoms with van der Waals surface area (Å²) in [4.78, 5) is 21.7. The van der Waals surface area contributed by atoms with Gasteiger partial charge in [0.1, 0.15) is 0 Å². The molecule has 0 N–H and O–H groups in total. The van der Waals surface area contributed by atoms with Gasteiger partial charge >= 0.3 is 11.9 Å². The molecule has 0 amide bonds. The molecule has 4 heteroatoms. The Morgan fingerprint density at radius 3 is 1.64 bits per heavy atom. The Morgan fingerprint density at radius 1 is 1.00 bits per heavy atom. The number of hydrogen-bond acceptors (Lipinski definition) is 4. The van der Waals surface area contributed by atoms with Crippen LogP contribution in [0.2, 0.25) is 0 Å². The molecular formula is C10H14O4. The summed E-state index contributed by atoms with van der Waals surface area (Å²) in [7, 11) is 0. The Kier molecular flexibility index (Phi) is 6.11. The molecule has 0 radical (unpaired) electrons. The van der Waals surface area contributed by atoms with Crippen LogP contribution in [0.1, 0.15) is 20.8 Å². The summed E-state index contributed by atoms with van der Waals surface area (Å²) in [6.45, 7) is 4.86. The minimum Gasteiger partial charge on any atom is -0.422 e. The van der Waals surface area contributed by atoms with Gasteiger partial charge in [-0.25, -0.2) is 9.59 Å². The molecule has 0 spiro atoms. The van der Waals surface area contributed by atoms with Crippen molar-refractivity contribution in [2.24, 2.45) is 0 Å². The van der Waals surface area contributed by atoms with Crippen LogP contribution in [0, 0.1) is 0 Å². The summed E-state index contributed by atoms with van der Waals surface area (Å²) in [5.74, 6) is -1.07. The van der Waals surface area contributed by atoms with E-state index in [2.05, 4.69) is 0 Å². The molecule has 0 aliphatic carbocycles. The summed E-state index contributed by atoms with van der Waals surface area (Å²) in [5, 5.41) is 0. The molecule has 0 atom stereocenters. The highest BCUT2D eigenvalue weighted by Crippen LogP contribution is 1.96. The Morgan fingerprint density at radius 2 is 1.36 bits per heavy atom. The van der Waals surface area contributed by atoms with Crippen molar-refractivity contribution in [2.75, 3.05) is 0 Å². The first-order chi connectivity index (χ1) is 6.60. The van der Waals surface area contributed by atoms with Gasteiger partial charge in [0.2, 0.25) is 6.29 Å². The first kappa shape index (κ1) is 12.4. The molecule has 0 heterocycles. The maximum atomic E-state index is 10.9. The molecule has 4 nitrogen and oxygen atoms in total. The number of hydrogen-bond donors (Lipinski definition) is 0. The third-order valence-electron chi connectivity index (χ3n) is 1.17. The highest BCUT2D eigenvalue weighted by molar-refractivity contribution is 5.83. The second-order valence-corrected chi connectivity index (χ2v) is 2.44. The third kappa shape index (κ3) is 5.99. The maximum Gasteiger partial charge on any atom is 0.333 e. The minimum atomic E-state index is -0.873. The highest BCUT2D eigenvalue weighted by Gasteiger charge is 2.09. The second kappa shape index (κ2) is 6.88. The van der Waals surface area contributed by atoms with Gasteiger partial charge in [0.25, 0.3) is 0 Å². The van der Waals surface area contributed by atoms with E-state index in [1.165, 1.54) is 19.1 Å². The zero-order chi connectivity index (χ0) is 11.0. The van der Waals surface area contributed by atoms with Crippen molar-refractivity contribution in [3.63, 3.8) is 0 Å². The fraction of sp³-hybridized carbons (Fsp3) is 0.400. The molecule has 0 saturated heterocycles.